The van der Waals surface area contributed by atoms with Gasteiger partial charge in [-0.05, 0) is 19.8 Å². The molecule has 202 valence electrons. The van der Waals surface area contributed by atoms with Crippen LogP contribution in [0.2, 0.25) is 0 Å². The zero-order valence-corrected chi connectivity index (χ0v) is 21.3. The van der Waals surface area contributed by atoms with E-state index in [9.17, 15) is 23.1 Å². The van der Waals surface area contributed by atoms with Crippen LogP contribution in [0.25, 0.3) is 0 Å². The first-order valence-electron chi connectivity index (χ1n) is 12.4. The Morgan fingerprint density at radius 2 is 2.00 bits per heavy atom. The average Bonchev–Trinajstić information content (AvgIpc) is 3.54. The fourth-order valence-corrected chi connectivity index (χ4v) is 6.37. The number of aliphatic hydroxyl groups excluding tert-OH is 1. The van der Waals surface area contributed by atoms with E-state index in [1.165, 1.54) is 0 Å². The number of ether oxygens (including phenoxy) is 1. The number of nitrogens with zero attached hydrogens (tertiary/aromatic N) is 7. The van der Waals surface area contributed by atoms with Crippen molar-refractivity contribution in [1.29, 1.82) is 0 Å². The number of β-amino-alcohol motifs (C(OH)–C–C–N with tert-alkyl or cyclic N) is 1. The molecule has 2 aromatic heterocycles. The third kappa shape index (κ3) is 5.15. The molecule has 5 heterocycles. The van der Waals surface area contributed by atoms with Crippen molar-refractivity contribution in [3.05, 3.63) is 17.2 Å². The fourth-order valence-electron chi connectivity index (χ4n) is 4.99. The molecule has 3 unspecified atom stereocenters. The lowest BCUT2D eigenvalue weighted by Crippen LogP contribution is -2.43. The van der Waals surface area contributed by atoms with Gasteiger partial charge in [0.1, 0.15) is 10.8 Å². The van der Waals surface area contributed by atoms with Crippen molar-refractivity contribution < 1.29 is 27.8 Å². The van der Waals surface area contributed by atoms with Crippen LogP contribution < -0.4 is 15.1 Å². The van der Waals surface area contributed by atoms with Crippen LogP contribution in [-0.2, 0) is 30.4 Å². The Bertz CT molecular complexity index is 1160. The molecule has 15 heteroatoms. The number of carbonyl (C=O) groups excluding carboxylic acids is 1. The maximum atomic E-state index is 13.3. The van der Waals surface area contributed by atoms with Gasteiger partial charge in [0.15, 0.2) is 5.82 Å². The number of fused-ring (bicyclic) bond motifs is 2. The van der Waals surface area contributed by atoms with Gasteiger partial charge in [0, 0.05) is 37.0 Å². The lowest BCUT2D eigenvalue weighted by atomic mass is 10.1. The highest BCUT2D eigenvalue weighted by Crippen LogP contribution is 2.43. The summed E-state index contributed by atoms with van der Waals surface area (Å²) >= 11 is 1.69. The molecule has 0 spiro atoms. The zero-order chi connectivity index (χ0) is 26.3. The van der Waals surface area contributed by atoms with E-state index in [4.69, 9.17) is 14.7 Å². The number of aliphatic hydroxyl groups is 1. The van der Waals surface area contributed by atoms with Crippen LogP contribution >= 0.6 is 11.8 Å². The Kier molecular flexibility index (Phi) is 7.09. The SMILES string of the molecule is CCCC1Cc2c(nc(N3CC(O)C(NC(=O)OCC)C3)nc2N2CCn3c(nnc3C(F)(F)F)C2)S1. The standard InChI is InChI=1S/C22H29F3N8O3S/c1-3-5-12-8-13-17(31-6-7-33-16(11-31)29-30-19(33)22(23,24)25)27-20(28-18(13)37-12)32-9-14(15(34)10-32)26-21(35)36-4-2/h12,14-15,34H,3-11H2,1-2H3,(H,26,35). The van der Waals surface area contributed by atoms with Crippen molar-refractivity contribution in [1.82, 2.24) is 30.0 Å². The monoisotopic (exact) mass is 542 g/mol. The molecule has 0 radical (unpaired) electrons. The number of thioether (sulfide) groups is 1. The quantitative estimate of drug-likeness (QED) is 0.526. The van der Waals surface area contributed by atoms with E-state index >= 15 is 0 Å². The van der Waals surface area contributed by atoms with E-state index in [-0.39, 0.29) is 32.1 Å². The van der Waals surface area contributed by atoms with Gasteiger partial charge in [-0.1, -0.05) is 13.3 Å². The highest BCUT2D eigenvalue weighted by Gasteiger charge is 2.41. The molecule has 3 aliphatic heterocycles. The molecule has 11 nitrogen and oxygen atoms in total. The Balaban J connectivity index is 1.43. The lowest BCUT2D eigenvalue weighted by Gasteiger charge is -2.31. The maximum Gasteiger partial charge on any atom is 0.451 e. The van der Waals surface area contributed by atoms with Gasteiger partial charge in [0.2, 0.25) is 11.8 Å². The molecule has 5 rings (SSSR count). The molecule has 3 aliphatic rings. The average molecular weight is 543 g/mol. The number of carbonyl (C=O) groups is 1. The summed E-state index contributed by atoms with van der Waals surface area (Å²) in [6.07, 6.45) is -3.19. The van der Waals surface area contributed by atoms with Crippen molar-refractivity contribution in [2.24, 2.45) is 0 Å². The number of rotatable bonds is 6. The number of amides is 1. The molecule has 1 amide bonds. The number of aromatic nitrogens is 5. The highest BCUT2D eigenvalue weighted by molar-refractivity contribution is 8.00. The zero-order valence-electron chi connectivity index (χ0n) is 20.5. The number of nitrogens with one attached hydrogen (secondary N) is 1. The molecule has 3 atom stereocenters. The molecule has 0 aromatic carbocycles. The van der Waals surface area contributed by atoms with E-state index in [1.54, 1.807) is 18.7 Å². The first-order valence-corrected chi connectivity index (χ1v) is 13.2. The third-order valence-corrected chi connectivity index (χ3v) is 8.01. The van der Waals surface area contributed by atoms with Crippen molar-refractivity contribution in [3.8, 4) is 0 Å². The summed E-state index contributed by atoms with van der Waals surface area (Å²) in [6, 6.07) is -0.547. The van der Waals surface area contributed by atoms with Gasteiger partial charge in [-0.15, -0.1) is 22.0 Å². The van der Waals surface area contributed by atoms with E-state index in [2.05, 4.69) is 22.4 Å². The summed E-state index contributed by atoms with van der Waals surface area (Å²) in [4.78, 5) is 25.3. The highest BCUT2D eigenvalue weighted by atomic mass is 32.2. The van der Waals surface area contributed by atoms with Crippen molar-refractivity contribution in [2.75, 3.05) is 36.0 Å². The second kappa shape index (κ2) is 10.2. The Labute approximate surface area is 215 Å². The molecular formula is C22H29F3N8O3S. The molecular weight excluding hydrogens is 513 g/mol. The van der Waals surface area contributed by atoms with Crippen LogP contribution in [-0.4, -0.2) is 79.6 Å². The largest absolute Gasteiger partial charge is 0.451 e. The predicted octanol–water partition coefficient (Wildman–Crippen LogP) is 2.22. The van der Waals surface area contributed by atoms with Gasteiger partial charge in [0.05, 0.1) is 25.3 Å². The van der Waals surface area contributed by atoms with Gasteiger partial charge in [0.25, 0.3) is 0 Å². The minimum atomic E-state index is -4.56. The predicted molar refractivity (Wildman–Crippen MR) is 129 cm³/mol. The van der Waals surface area contributed by atoms with Crippen LogP contribution in [0.4, 0.5) is 29.7 Å². The molecule has 37 heavy (non-hydrogen) atoms. The van der Waals surface area contributed by atoms with Gasteiger partial charge in [-0.3, -0.25) is 0 Å². The smallest absolute Gasteiger partial charge is 0.450 e. The number of halogens is 3. The lowest BCUT2D eigenvalue weighted by molar-refractivity contribution is -0.147. The molecule has 0 aliphatic carbocycles. The summed E-state index contributed by atoms with van der Waals surface area (Å²) in [6.45, 7) is 5.12. The van der Waals surface area contributed by atoms with Gasteiger partial charge in [-0.25, -0.2) is 9.78 Å². The molecule has 1 saturated heterocycles. The minimum Gasteiger partial charge on any atom is -0.450 e. The Morgan fingerprint density at radius 3 is 2.73 bits per heavy atom. The molecule has 1 fully saturated rings. The number of alkyl carbamates (subject to hydrolysis) is 1. The molecule has 0 bridgehead atoms. The van der Waals surface area contributed by atoms with Crippen LogP contribution in [0.3, 0.4) is 0 Å². The summed E-state index contributed by atoms with van der Waals surface area (Å²) in [5.41, 5.74) is 0.983. The summed E-state index contributed by atoms with van der Waals surface area (Å²) in [5.74, 6) is 0.331. The summed E-state index contributed by atoms with van der Waals surface area (Å²) in [7, 11) is 0. The molecule has 2 aromatic rings. The molecule has 2 N–H and O–H groups in total. The Hall–Kier alpha value is -2.81. The van der Waals surface area contributed by atoms with Crippen LogP contribution in [0.15, 0.2) is 5.03 Å². The topological polar surface area (TPSA) is 122 Å². The van der Waals surface area contributed by atoms with Gasteiger partial charge < -0.3 is 29.5 Å². The van der Waals surface area contributed by atoms with Crippen LogP contribution in [0.1, 0.15) is 43.9 Å². The summed E-state index contributed by atoms with van der Waals surface area (Å²) in [5, 5.41) is 21.6. The molecule has 0 saturated carbocycles. The van der Waals surface area contributed by atoms with Crippen molar-refractivity contribution in [2.45, 2.75) is 74.8 Å². The Morgan fingerprint density at radius 1 is 1.19 bits per heavy atom. The van der Waals surface area contributed by atoms with E-state index in [0.29, 0.717) is 30.1 Å². The first kappa shape index (κ1) is 25.8. The first-order chi connectivity index (χ1) is 17.7. The fraction of sp³-hybridized carbons (Fsp3) is 0.682. The third-order valence-electron chi connectivity index (χ3n) is 6.71. The van der Waals surface area contributed by atoms with Gasteiger partial charge >= 0.3 is 12.3 Å². The normalized spacial score (nSPS) is 23.2. The van der Waals surface area contributed by atoms with Crippen LogP contribution in [0, 0.1) is 0 Å². The van der Waals surface area contributed by atoms with Crippen LogP contribution in [0.5, 0.6) is 0 Å². The van der Waals surface area contributed by atoms with Gasteiger partial charge in [-0.2, -0.15) is 18.2 Å². The number of hydrogen-bond donors (Lipinski definition) is 2. The minimum absolute atomic E-state index is 0.0881. The maximum absolute atomic E-state index is 13.3. The summed E-state index contributed by atoms with van der Waals surface area (Å²) < 4.78 is 46.0. The van der Waals surface area contributed by atoms with Crippen molar-refractivity contribution >= 4 is 29.6 Å². The number of anilines is 2. The van der Waals surface area contributed by atoms with Crippen molar-refractivity contribution in [3.63, 3.8) is 0 Å². The van der Waals surface area contributed by atoms with E-state index in [1.807, 2.05) is 9.80 Å². The van der Waals surface area contributed by atoms with E-state index < -0.39 is 30.2 Å². The number of hydrogen-bond acceptors (Lipinski definition) is 10. The second-order valence-electron chi connectivity index (χ2n) is 9.32. The second-order valence-corrected chi connectivity index (χ2v) is 10.6. The van der Waals surface area contributed by atoms with E-state index in [0.717, 1.165) is 34.4 Å². The number of alkyl halides is 3.